The molecule has 3 rings (SSSR count). The van der Waals surface area contributed by atoms with E-state index >= 15 is 0 Å². The van der Waals surface area contributed by atoms with E-state index in [4.69, 9.17) is 17.3 Å². The third kappa shape index (κ3) is 4.00. The fraction of sp³-hybridized carbons (Fsp3) is 0.667. The van der Waals surface area contributed by atoms with Gasteiger partial charge in [-0.1, -0.05) is 36.6 Å². The molecule has 2 atom stereocenters. The van der Waals surface area contributed by atoms with Gasteiger partial charge in [0.1, 0.15) is 0 Å². The summed E-state index contributed by atoms with van der Waals surface area (Å²) in [5.74, 6) is 0.822. The first kappa shape index (κ1) is 15.3. The van der Waals surface area contributed by atoms with E-state index in [9.17, 15) is 0 Å². The highest BCUT2D eigenvalue weighted by atomic mass is 35.5. The smallest absolute Gasteiger partial charge is 0.0406 e. The summed E-state index contributed by atoms with van der Waals surface area (Å²) in [7, 11) is 0. The quantitative estimate of drug-likeness (QED) is 0.918. The van der Waals surface area contributed by atoms with Crippen LogP contribution in [0.1, 0.15) is 44.1 Å². The molecule has 3 heteroatoms. The van der Waals surface area contributed by atoms with Crippen molar-refractivity contribution in [1.82, 2.24) is 4.90 Å². The van der Waals surface area contributed by atoms with Crippen LogP contribution in [0.2, 0.25) is 5.02 Å². The first-order valence-corrected chi connectivity index (χ1v) is 8.84. The molecule has 116 valence electrons. The van der Waals surface area contributed by atoms with Crippen LogP contribution in [-0.2, 0) is 6.42 Å². The predicted molar refractivity (Wildman–Crippen MR) is 89.7 cm³/mol. The second kappa shape index (κ2) is 7.13. The largest absolute Gasteiger partial charge is 0.326 e. The molecule has 1 aromatic carbocycles. The van der Waals surface area contributed by atoms with Gasteiger partial charge in [-0.3, -0.25) is 4.90 Å². The molecule has 0 radical (unpaired) electrons. The Labute approximate surface area is 133 Å². The molecule has 1 aromatic rings. The molecule has 0 aromatic heterocycles. The molecule has 1 heterocycles. The molecule has 2 fully saturated rings. The molecule has 21 heavy (non-hydrogen) atoms. The van der Waals surface area contributed by atoms with Crippen molar-refractivity contribution in [1.29, 1.82) is 0 Å². The van der Waals surface area contributed by atoms with Gasteiger partial charge in [-0.25, -0.2) is 0 Å². The minimum Gasteiger partial charge on any atom is -0.326 e. The normalized spacial score (nSPS) is 28.7. The number of benzene rings is 1. The third-order valence-electron chi connectivity index (χ3n) is 5.34. The molecule has 1 aliphatic carbocycles. The maximum Gasteiger partial charge on any atom is 0.0406 e. The summed E-state index contributed by atoms with van der Waals surface area (Å²) >= 11 is 5.95. The fourth-order valence-corrected chi connectivity index (χ4v) is 4.16. The topological polar surface area (TPSA) is 29.3 Å². The van der Waals surface area contributed by atoms with Gasteiger partial charge in [0.25, 0.3) is 0 Å². The SMILES string of the molecule is NC1CCCCC1N1CCC(Cc2ccc(Cl)cc2)CC1. The number of hydrogen-bond donors (Lipinski definition) is 1. The molecule has 1 saturated carbocycles. The van der Waals surface area contributed by atoms with Gasteiger partial charge in [0.05, 0.1) is 0 Å². The zero-order valence-electron chi connectivity index (χ0n) is 12.8. The zero-order chi connectivity index (χ0) is 14.7. The predicted octanol–water partition coefficient (Wildman–Crippen LogP) is 3.86. The molecule has 0 bridgehead atoms. The Kier molecular flexibility index (Phi) is 5.20. The van der Waals surface area contributed by atoms with E-state index in [2.05, 4.69) is 17.0 Å². The van der Waals surface area contributed by atoms with Gasteiger partial charge in [0, 0.05) is 17.1 Å². The molecule has 0 amide bonds. The maximum absolute atomic E-state index is 6.33. The van der Waals surface area contributed by atoms with Crippen molar-refractivity contribution in [2.24, 2.45) is 11.7 Å². The monoisotopic (exact) mass is 306 g/mol. The second-order valence-electron chi connectivity index (χ2n) is 6.83. The fourth-order valence-electron chi connectivity index (χ4n) is 4.04. The number of piperidine rings is 1. The lowest BCUT2D eigenvalue weighted by molar-refractivity contribution is 0.0937. The van der Waals surface area contributed by atoms with Gasteiger partial charge < -0.3 is 5.73 Å². The maximum atomic E-state index is 6.33. The lowest BCUT2D eigenvalue weighted by Gasteiger charge is -2.42. The standard InChI is InChI=1S/C18H27ClN2/c19-16-7-5-14(6-8-16)13-15-9-11-21(12-10-15)18-4-2-1-3-17(18)20/h5-8,15,17-18H,1-4,9-13,20H2. The number of halogens is 1. The molecule has 2 unspecified atom stereocenters. The van der Waals surface area contributed by atoms with E-state index in [0.29, 0.717) is 12.1 Å². The first-order chi connectivity index (χ1) is 10.2. The van der Waals surface area contributed by atoms with Crippen LogP contribution in [-0.4, -0.2) is 30.1 Å². The summed E-state index contributed by atoms with van der Waals surface area (Å²) in [5.41, 5.74) is 7.75. The van der Waals surface area contributed by atoms with E-state index in [1.165, 1.54) is 63.6 Å². The Balaban J connectivity index is 1.49. The van der Waals surface area contributed by atoms with E-state index in [0.717, 1.165) is 10.9 Å². The van der Waals surface area contributed by atoms with Crippen molar-refractivity contribution in [3.63, 3.8) is 0 Å². The van der Waals surface area contributed by atoms with Gasteiger partial charge >= 0.3 is 0 Å². The van der Waals surface area contributed by atoms with Gasteiger partial charge in [0.2, 0.25) is 0 Å². The molecule has 1 aliphatic heterocycles. The van der Waals surface area contributed by atoms with Gasteiger partial charge in [-0.2, -0.15) is 0 Å². The minimum atomic E-state index is 0.409. The molecule has 2 N–H and O–H groups in total. The summed E-state index contributed by atoms with van der Waals surface area (Å²) in [4.78, 5) is 2.67. The number of hydrogen-bond acceptors (Lipinski definition) is 2. The average molecular weight is 307 g/mol. The van der Waals surface area contributed by atoms with Gasteiger partial charge in [-0.05, 0) is 68.8 Å². The minimum absolute atomic E-state index is 0.409. The lowest BCUT2D eigenvalue weighted by Crippen LogP contribution is -2.52. The molecular weight excluding hydrogens is 280 g/mol. The summed E-state index contributed by atoms with van der Waals surface area (Å²) in [5, 5.41) is 0.833. The summed E-state index contributed by atoms with van der Waals surface area (Å²) in [6.45, 7) is 2.47. The highest BCUT2D eigenvalue weighted by Gasteiger charge is 2.30. The zero-order valence-corrected chi connectivity index (χ0v) is 13.6. The van der Waals surface area contributed by atoms with Gasteiger partial charge in [-0.15, -0.1) is 0 Å². The van der Waals surface area contributed by atoms with Crippen LogP contribution in [0.5, 0.6) is 0 Å². The Bertz CT molecular complexity index is 437. The van der Waals surface area contributed by atoms with Crippen LogP contribution in [0.3, 0.4) is 0 Å². The summed E-state index contributed by atoms with van der Waals surface area (Å²) < 4.78 is 0. The summed E-state index contributed by atoms with van der Waals surface area (Å²) in [6.07, 6.45) is 9.03. The van der Waals surface area contributed by atoms with E-state index in [-0.39, 0.29) is 0 Å². The number of nitrogens with two attached hydrogens (primary N) is 1. The number of nitrogens with zero attached hydrogens (tertiary/aromatic N) is 1. The number of likely N-dealkylation sites (tertiary alicyclic amines) is 1. The van der Waals surface area contributed by atoms with Crippen LogP contribution in [0.25, 0.3) is 0 Å². The Hall–Kier alpha value is -0.570. The lowest BCUT2D eigenvalue weighted by atomic mass is 9.85. The Morgan fingerprint density at radius 3 is 2.33 bits per heavy atom. The van der Waals surface area contributed by atoms with Crippen molar-refractivity contribution in [3.05, 3.63) is 34.9 Å². The third-order valence-corrected chi connectivity index (χ3v) is 5.59. The van der Waals surface area contributed by atoms with Crippen molar-refractivity contribution < 1.29 is 0 Å². The average Bonchev–Trinajstić information content (AvgIpc) is 2.51. The van der Waals surface area contributed by atoms with E-state index < -0.39 is 0 Å². The van der Waals surface area contributed by atoms with E-state index in [1.54, 1.807) is 0 Å². The molecular formula is C18H27ClN2. The van der Waals surface area contributed by atoms with Crippen LogP contribution >= 0.6 is 11.6 Å². The van der Waals surface area contributed by atoms with Crippen LogP contribution in [0.4, 0.5) is 0 Å². The highest BCUT2D eigenvalue weighted by molar-refractivity contribution is 6.30. The van der Waals surface area contributed by atoms with Crippen LogP contribution in [0.15, 0.2) is 24.3 Å². The second-order valence-corrected chi connectivity index (χ2v) is 7.26. The Morgan fingerprint density at radius 2 is 1.67 bits per heavy atom. The molecule has 2 nitrogen and oxygen atoms in total. The van der Waals surface area contributed by atoms with Crippen molar-refractivity contribution >= 4 is 11.6 Å². The Morgan fingerprint density at radius 1 is 1.00 bits per heavy atom. The number of rotatable bonds is 3. The van der Waals surface area contributed by atoms with Crippen molar-refractivity contribution in [2.75, 3.05) is 13.1 Å². The van der Waals surface area contributed by atoms with Crippen LogP contribution in [0, 0.1) is 5.92 Å². The van der Waals surface area contributed by atoms with Gasteiger partial charge in [0.15, 0.2) is 0 Å². The highest BCUT2D eigenvalue weighted by Crippen LogP contribution is 2.28. The molecule has 1 saturated heterocycles. The van der Waals surface area contributed by atoms with E-state index in [1.807, 2.05) is 12.1 Å². The molecule has 0 spiro atoms. The van der Waals surface area contributed by atoms with Crippen molar-refractivity contribution in [2.45, 2.75) is 57.0 Å². The first-order valence-electron chi connectivity index (χ1n) is 8.46. The summed E-state index contributed by atoms with van der Waals surface area (Å²) in [6, 6.07) is 9.42. The van der Waals surface area contributed by atoms with Crippen molar-refractivity contribution in [3.8, 4) is 0 Å². The molecule has 2 aliphatic rings. The van der Waals surface area contributed by atoms with Crippen LogP contribution < -0.4 is 5.73 Å².